The molecule has 1 saturated heterocycles. The van der Waals surface area contributed by atoms with Crippen LogP contribution in [0.25, 0.3) is 0 Å². The van der Waals surface area contributed by atoms with E-state index in [4.69, 9.17) is 0 Å². The molecule has 108 valence electrons. The molecule has 1 fully saturated rings. The van der Waals surface area contributed by atoms with E-state index in [9.17, 15) is 5.11 Å². The Hall–Kier alpha value is -0.460. The molecule has 1 aromatic rings. The third kappa shape index (κ3) is 4.26. The molecule has 1 aliphatic rings. The number of likely N-dealkylation sites (N-methyl/N-ethyl adjacent to an activating group) is 1. The maximum absolute atomic E-state index is 9.38. The summed E-state index contributed by atoms with van der Waals surface area (Å²) < 4.78 is 0. The van der Waals surface area contributed by atoms with Gasteiger partial charge in [0.25, 0.3) is 0 Å². The standard InChI is InChI=1S/C14H25N3OS/c1-15(2)7-12-6-14(19-11-12)9-17-5-4-16(3)13(8-17)10-18/h6,11,13,18H,4-5,7-10H2,1-3H3/t13-/m1/s1. The molecule has 19 heavy (non-hydrogen) atoms. The first-order valence-corrected chi connectivity index (χ1v) is 7.71. The lowest BCUT2D eigenvalue weighted by molar-refractivity contribution is 0.0544. The van der Waals surface area contributed by atoms with Gasteiger partial charge in [0.2, 0.25) is 0 Å². The number of aliphatic hydroxyl groups excluding tert-OH is 1. The van der Waals surface area contributed by atoms with Crippen LogP contribution < -0.4 is 0 Å². The molecular formula is C14H25N3OS. The number of hydrogen-bond acceptors (Lipinski definition) is 5. The highest BCUT2D eigenvalue weighted by atomic mass is 32.1. The highest BCUT2D eigenvalue weighted by Gasteiger charge is 2.23. The van der Waals surface area contributed by atoms with Crippen LogP contribution in [0.5, 0.6) is 0 Å². The minimum Gasteiger partial charge on any atom is -0.395 e. The summed E-state index contributed by atoms with van der Waals surface area (Å²) in [5, 5.41) is 11.6. The highest BCUT2D eigenvalue weighted by molar-refractivity contribution is 7.10. The number of rotatable bonds is 5. The molecular weight excluding hydrogens is 258 g/mol. The van der Waals surface area contributed by atoms with Crippen molar-refractivity contribution in [2.45, 2.75) is 19.1 Å². The molecule has 1 N–H and O–H groups in total. The number of nitrogens with zero attached hydrogens (tertiary/aromatic N) is 3. The van der Waals surface area contributed by atoms with Crippen LogP contribution in [-0.2, 0) is 13.1 Å². The Morgan fingerprint density at radius 3 is 2.89 bits per heavy atom. The van der Waals surface area contributed by atoms with Crippen molar-refractivity contribution in [3.63, 3.8) is 0 Å². The van der Waals surface area contributed by atoms with Gasteiger partial charge in [-0.2, -0.15) is 0 Å². The highest BCUT2D eigenvalue weighted by Crippen LogP contribution is 2.19. The Bertz CT molecular complexity index is 394. The van der Waals surface area contributed by atoms with Gasteiger partial charge in [-0.15, -0.1) is 11.3 Å². The Balaban J connectivity index is 1.88. The second-order valence-corrected chi connectivity index (χ2v) is 6.71. The topological polar surface area (TPSA) is 30.0 Å². The average Bonchev–Trinajstić information content (AvgIpc) is 2.78. The monoisotopic (exact) mass is 283 g/mol. The van der Waals surface area contributed by atoms with Gasteiger partial charge in [0.15, 0.2) is 0 Å². The quantitative estimate of drug-likeness (QED) is 0.870. The first-order chi connectivity index (χ1) is 9.08. The lowest BCUT2D eigenvalue weighted by Gasteiger charge is -2.38. The van der Waals surface area contributed by atoms with E-state index < -0.39 is 0 Å². The zero-order chi connectivity index (χ0) is 13.8. The number of hydrogen-bond donors (Lipinski definition) is 1. The molecule has 4 nitrogen and oxygen atoms in total. The molecule has 0 unspecified atom stereocenters. The van der Waals surface area contributed by atoms with Crippen LogP contribution in [0.2, 0.25) is 0 Å². The van der Waals surface area contributed by atoms with Crippen molar-refractivity contribution < 1.29 is 5.11 Å². The van der Waals surface area contributed by atoms with Crippen LogP contribution in [0.15, 0.2) is 11.4 Å². The van der Waals surface area contributed by atoms with E-state index in [1.165, 1.54) is 10.4 Å². The lowest BCUT2D eigenvalue weighted by atomic mass is 10.2. The zero-order valence-electron chi connectivity index (χ0n) is 12.2. The first kappa shape index (κ1) is 14.9. The molecule has 0 spiro atoms. The third-order valence-electron chi connectivity index (χ3n) is 3.66. The van der Waals surface area contributed by atoms with E-state index in [1.54, 1.807) is 0 Å². The van der Waals surface area contributed by atoms with Crippen LogP contribution in [0.1, 0.15) is 10.4 Å². The molecule has 1 aliphatic heterocycles. The molecule has 1 atom stereocenters. The van der Waals surface area contributed by atoms with Crippen molar-refractivity contribution >= 4 is 11.3 Å². The SMILES string of the molecule is CN(C)Cc1csc(CN2CCN(C)[C@@H](CO)C2)c1. The maximum atomic E-state index is 9.38. The molecule has 1 aromatic heterocycles. The number of aliphatic hydroxyl groups is 1. The Labute approximate surface area is 120 Å². The normalized spacial score (nSPS) is 22.3. The second-order valence-electron chi connectivity index (χ2n) is 5.71. The van der Waals surface area contributed by atoms with Gasteiger partial charge in [0.05, 0.1) is 6.61 Å². The Morgan fingerprint density at radius 1 is 1.42 bits per heavy atom. The molecule has 0 saturated carbocycles. The summed E-state index contributed by atoms with van der Waals surface area (Å²) in [7, 11) is 6.30. The van der Waals surface area contributed by atoms with Crippen LogP contribution in [0.4, 0.5) is 0 Å². The smallest absolute Gasteiger partial charge is 0.0599 e. The van der Waals surface area contributed by atoms with Crippen LogP contribution >= 0.6 is 11.3 Å². The van der Waals surface area contributed by atoms with E-state index in [0.717, 1.165) is 32.7 Å². The van der Waals surface area contributed by atoms with E-state index >= 15 is 0 Å². The largest absolute Gasteiger partial charge is 0.395 e. The van der Waals surface area contributed by atoms with Crippen molar-refractivity contribution in [2.75, 3.05) is 47.4 Å². The van der Waals surface area contributed by atoms with Crippen molar-refractivity contribution in [2.24, 2.45) is 0 Å². The van der Waals surface area contributed by atoms with E-state index in [0.29, 0.717) is 0 Å². The average molecular weight is 283 g/mol. The van der Waals surface area contributed by atoms with Gasteiger partial charge in [0.1, 0.15) is 0 Å². The summed E-state index contributed by atoms with van der Waals surface area (Å²) in [5.74, 6) is 0. The van der Waals surface area contributed by atoms with Crippen molar-refractivity contribution in [3.05, 3.63) is 21.9 Å². The van der Waals surface area contributed by atoms with Gasteiger partial charge in [-0.05, 0) is 38.2 Å². The molecule has 0 bridgehead atoms. The minimum absolute atomic E-state index is 0.253. The van der Waals surface area contributed by atoms with Gasteiger partial charge in [-0.1, -0.05) is 0 Å². The molecule has 0 aliphatic carbocycles. The van der Waals surface area contributed by atoms with E-state index in [-0.39, 0.29) is 12.6 Å². The van der Waals surface area contributed by atoms with E-state index in [1.807, 2.05) is 11.3 Å². The van der Waals surface area contributed by atoms with Crippen LogP contribution in [0, 0.1) is 0 Å². The summed E-state index contributed by atoms with van der Waals surface area (Å²) in [6.07, 6.45) is 0. The van der Waals surface area contributed by atoms with Crippen molar-refractivity contribution in [1.82, 2.24) is 14.7 Å². The molecule has 0 radical (unpaired) electrons. The third-order valence-corrected chi connectivity index (χ3v) is 4.63. The second kappa shape index (κ2) is 6.81. The molecule has 0 aromatic carbocycles. The van der Waals surface area contributed by atoms with Gasteiger partial charge in [-0.25, -0.2) is 0 Å². The van der Waals surface area contributed by atoms with Gasteiger partial charge >= 0.3 is 0 Å². The summed E-state index contributed by atoms with van der Waals surface area (Å²) in [5.41, 5.74) is 1.40. The van der Waals surface area contributed by atoms with Crippen LogP contribution in [0.3, 0.4) is 0 Å². The predicted octanol–water partition coefficient (Wildman–Crippen LogP) is 0.918. The summed E-state index contributed by atoms with van der Waals surface area (Å²) >= 11 is 1.85. The molecule has 0 amide bonds. The Kier molecular flexibility index (Phi) is 5.36. The van der Waals surface area contributed by atoms with Crippen molar-refractivity contribution in [1.29, 1.82) is 0 Å². The van der Waals surface area contributed by atoms with Crippen LogP contribution in [-0.4, -0.2) is 73.2 Å². The number of piperazine rings is 1. The summed E-state index contributed by atoms with van der Waals surface area (Å²) in [4.78, 5) is 8.33. The van der Waals surface area contributed by atoms with Gasteiger partial charge < -0.3 is 10.0 Å². The molecule has 2 rings (SSSR count). The number of thiophene rings is 1. The lowest BCUT2D eigenvalue weighted by Crippen LogP contribution is -2.52. The molecule has 2 heterocycles. The minimum atomic E-state index is 0.253. The molecule has 5 heteroatoms. The fourth-order valence-corrected chi connectivity index (χ4v) is 3.45. The zero-order valence-corrected chi connectivity index (χ0v) is 13.0. The van der Waals surface area contributed by atoms with E-state index in [2.05, 4.69) is 47.3 Å². The summed E-state index contributed by atoms with van der Waals surface area (Å²) in [6, 6.07) is 2.60. The Morgan fingerprint density at radius 2 is 2.21 bits per heavy atom. The maximum Gasteiger partial charge on any atom is 0.0599 e. The van der Waals surface area contributed by atoms with Crippen molar-refractivity contribution in [3.8, 4) is 0 Å². The first-order valence-electron chi connectivity index (χ1n) is 6.83. The van der Waals surface area contributed by atoms with Gasteiger partial charge in [-0.3, -0.25) is 9.80 Å². The van der Waals surface area contributed by atoms with Gasteiger partial charge in [0, 0.05) is 43.6 Å². The fourth-order valence-electron chi connectivity index (χ4n) is 2.53. The predicted molar refractivity (Wildman–Crippen MR) is 80.5 cm³/mol. The summed E-state index contributed by atoms with van der Waals surface area (Å²) in [6.45, 7) is 5.38. The fraction of sp³-hybridized carbons (Fsp3) is 0.714.